The summed E-state index contributed by atoms with van der Waals surface area (Å²) in [6.07, 6.45) is 5.95. The number of amides is 1. The van der Waals surface area contributed by atoms with Gasteiger partial charge in [0, 0.05) is 29.7 Å². The van der Waals surface area contributed by atoms with Crippen LogP contribution >= 0.6 is 22.6 Å². The molecule has 0 saturated heterocycles. The molecule has 138 valence electrons. The van der Waals surface area contributed by atoms with Crippen molar-refractivity contribution >= 4 is 45.0 Å². The Kier molecular flexibility index (Phi) is 4.83. The van der Waals surface area contributed by atoms with Gasteiger partial charge in [-0.1, -0.05) is 25.1 Å². The molecule has 1 aliphatic carbocycles. The molecule has 3 N–H and O–H groups in total. The van der Waals surface area contributed by atoms with Crippen LogP contribution in [0.25, 0.3) is 16.5 Å². The van der Waals surface area contributed by atoms with Gasteiger partial charge in [0.1, 0.15) is 4.11 Å². The van der Waals surface area contributed by atoms with E-state index in [0.29, 0.717) is 19.0 Å². The van der Waals surface area contributed by atoms with Crippen LogP contribution in [0.4, 0.5) is 0 Å². The molecule has 6 heteroatoms. The number of aromatic nitrogens is 1. The predicted octanol–water partition coefficient (Wildman–Crippen LogP) is 2.69. The van der Waals surface area contributed by atoms with E-state index in [4.69, 9.17) is 0 Å². The van der Waals surface area contributed by atoms with Gasteiger partial charge in [0.25, 0.3) is 0 Å². The van der Waals surface area contributed by atoms with E-state index < -0.39 is 4.11 Å². The zero-order chi connectivity index (χ0) is 18.4. The monoisotopic (exact) mass is 465 g/mol. The molecule has 1 aromatic carbocycles. The van der Waals surface area contributed by atoms with E-state index in [2.05, 4.69) is 52.7 Å². The van der Waals surface area contributed by atoms with Gasteiger partial charge in [-0.3, -0.25) is 9.69 Å². The third kappa shape index (κ3) is 2.97. The summed E-state index contributed by atoms with van der Waals surface area (Å²) < 4.78 is -0.575. The topological polar surface area (TPSA) is 68.4 Å². The van der Waals surface area contributed by atoms with Gasteiger partial charge in [0.15, 0.2) is 0 Å². The minimum absolute atomic E-state index is 0.00240. The number of alkyl halides is 1. The Labute approximate surface area is 167 Å². The number of aliphatic hydroxyl groups is 1. The summed E-state index contributed by atoms with van der Waals surface area (Å²) in [7, 11) is 2.10. The van der Waals surface area contributed by atoms with E-state index >= 15 is 0 Å². The number of aliphatic hydroxyl groups excluding tert-OH is 1. The number of hydrogen-bond acceptors (Lipinski definition) is 3. The summed E-state index contributed by atoms with van der Waals surface area (Å²) in [4.78, 5) is 18.5. The number of halogens is 1. The molecule has 4 atom stereocenters. The maximum Gasteiger partial charge on any atom is 0.228 e. The lowest BCUT2D eigenvalue weighted by molar-refractivity contribution is -0.125. The Balaban J connectivity index is 1.69. The minimum atomic E-state index is -0.575. The molecule has 2 heterocycles. The second-order valence-electron chi connectivity index (χ2n) is 7.33. The minimum Gasteiger partial charge on any atom is -0.381 e. The van der Waals surface area contributed by atoms with Crippen LogP contribution < -0.4 is 5.32 Å². The number of carbonyl (C=O) groups is 1. The van der Waals surface area contributed by atoms with Crippen molar-refractivity contribution in [1.29, 1.82) is 0 Å². The highest BCUT2D eigenvalue weighted by molar-refractivity contribution is 14.1. The number of H-pyrrole nitrogens is 1. The first kappa shape index (κ1) is 18.0. The molecule has 1 aromatic heterocycles. The van der Waals surface area contributed by atoms with Crippen molar-refractivity contribution < 1.29 is 9.90 Å². The lowest BCUT2D eigenvalue weighted by Crippen LogP contribution is -2.49. The Bertz CT molecular complexity index is 873. The molecule has 0 radical (unpaired) electrons. The smallest absolute Gasteiger partial charge is 0.228 e. The van der Waals surface area contributed by atoms with Gasteiger partial charge in [-0.2, -0.15) is 0 Å². The summed E-state index contributed by atoms with van der Waals surface area (Å²) in [5, 5.41) is 14.1. The van der Waals surface area contributed by atoms with Crippen LogP contribution in [0.2, 0.25) is 0 Å². The summed E-state index contributed by atoms with van der Waals surface area (Å²) in [6.45, 7) is 2.67. The van der Waals surface area contributed by atoms with Crippen molar-refractivity contribution in [1.82, 2.24) is 15.2 Å². The van der Waals surface area contributed by atoms with Gasteiger partial charge in [-0.25, -0.2) is 0 Å². The molecule has 0 saturated carbocycles. The van der Waals surface area contributed by atoms with Crippen LogP contribution in [0.15, 0.2) is 30.5 Å². The van der Waals surface area contributed by atoms with Gasteiger partial charge in [-0.15, -0.1) is 0 Å². The fraction of sp³-hybridized carbons (Fsp3) is 0.450. The second-order valence-corrected chi connectivity index (χ2v) is 8.60. The van der Waals surface area contributed by atoms with E-state index in [-0.39, 0.29) is 17.9 Å². The summed E-state index contributed by atoms with van der Waals surface area (Å²) in [6, 6.07) is 6.44. The van der Waals surface area contributed by atoms with Gasteiger partial charge in [0.2, 0.25) is 5.91 Å². The highest BCUT2D eigenvalue weighted by Crippen LogP contribution is 2.40. The first-order chi connectivity index (χ1) is 12.5. The van der Waals surface area contributed by atoms with Gasteiger partial charge >= 0.3 is 0 Å². The molecule has 1 aliphatic heterocycles. The number of nitrogens with zero attached hydrogens (tertiary/aromatic N) is 1. The van der Waals surface area contributed by atoms with Gasteiger partial charge in [0.05, 0.1) is 12.0 Å². The van der Waals surface area contributed by atoms with E-state index in [1.807, 2.05) is 29.5 Å². The van der Waals surface area contributed by atoms with Crippen LogP contribution in [-0.4, -0.2) is 50.7 Å². The number of fused-ring (bicyclic) bond motifs is 2. The molecule has 2 unspecified atom stereocenters. The number of nitrogens with one attached hydrogen (secondary N) is 2. The summed E-state index contributed by atoms with van der Waals surface area (Å²) >= 11 is 1.96. The first-order valence-electron chi connectivity index (χ1n) is 9.13. The fourth-order valence-corrected chi connectivity index (χ4v) is 4.96. The molecule has 2 aliphatic rings. The number of hydrogen-bond donors (Lipinski definition) is 3. The molecule has 0 bridgehead atoms. The third-order valence-electron chi connectivity index (χ3n) is 5.70. The van der Waals surface area contributed by atoms with Crippen LogP contribution in [-0.2, 0) is 11.2 Å². The van der Waals surface area contributed by atoms with Crippen molar-refractivity contribution in [3.8, 4) is 0 Å². The largest absolute Gasteiger partial charge is 0.381 e. The molecule has 2 aromatic rings. The number of rotatable bonds is 4. The summed E-state index contributed by atoms with van der Waals surface area (Å²) in [5.74, 6) is -0.205. The van der Waals surface area contributed by atoms with E-state index in [1.54, 1.807) is 0 Å². The average molecular weight is 465 g/mol. The number of benzene rings is 1. The molecule has 5 nitrogen and oxygen atoms in total. The van der Waals surface area contributed by atoms with Crippen LogP contribution in [0, 0.1) is 5.92 Å². The van der Waals surface area contributed by atoms with E-state index in [9.17, 15) is 9.90 Å². The van der Waals surface area contributed by atoms with Crippen molar-refractivity contribution in [2.24, 2.45) is 5.92 Å². The number of carbonyl (C=O) groups excluding carboxylic acids is 1. The summed E-state index contributed by atoms with van der Waals surface area (Å²) in [5.41, 5.74) is 5.00. The van der Waals surface area contributed by atoms with E-state index in [0.717, 1.165) is 11.9 Å². The number of likely N-dealkylation sites (N-methyl/N-ethyl adjacent to an activating group) is 1. The molecular weight excluding hydrogens is 441 g/mol. The maximum atomic E-state index is 12.8. The Hall–Kier alpha value is -1.38. The fourth-order valence-electron chi connectivity index (χ4n) is 4.27. The van der Waals surface area contributed by atoms with Crippen molar-refractivity contribution in [3.05, 3.63) is 41.6 Å². The lowest BCUT2D eigenvalue weighted by atomic mass is 9.80. The molecule has 4 rings (SSSR count). The molecule has 0 fully saturated rings. The highest BCUT2D eigenvalue weighted by Gasteiger charge is 2.36. The predicted molar refractivity (Wildman–Crippen MR) is 112 cm³/mol. The molecule has 1 amide bonds. The van der Waals surface area contributed by atoms with Crippen molar-refractivity contribution in [2.75, 3.05) is 13.6 Å². The Morgan fingerprint density at radius 3 is 3.04 bits per heavy atom. The Morgan fingerprint density at radius 1 is 1.50 bits per heavy atom. The third-order valence-corrected chi connectivity index (χ3v) is 6.57. The highest BCUT2D eigenvalue weighted by atomic mass is 127. The van der Waals surface area contributed by atoms with E-state index in [1.165, 1.54) is 22.1 Å². The lowest BCUT2D eigenvalue weighted by Gasteiger charge is -2.39. The normalized spacial score (nSPS) is 24.7. The van der Waals surface area contributed by atoms with Crippen LogP contribution in [0.5, 0.6) is 0 Å². The van der Waals surface area contributed by atoms with Gasteiger partial charge in [-0.05, 0) is 65.2 Å². The zero-order valence-electron chi connectivity index (χ0n) is 15.0. The molecular formula is C20H24IN3O2. The maximum absolute atomic E-state index is 12.8. The quantitative estimate of drug-likeness (QED) is 0.481. The van der Waals surface area contributed by atoms with Crippen molar-refractivity contribution in [2.45, 2.75) is 36.0 Å². The second kappa shape index (κ2) is 6.98. The van der Waals surface area contributed by atoms with Crippen LogP contribution in [0.3, 0.4) is 0 Å². The van der Waals surface area contributed by atoms with Gasteiger partial charge < -0.3 is 15.4 Å². The SMILES string of the molecule is CCC(NC(=O)[C@@H]1C=C2c3cccc4[nH]cc(c34)C[C@H]2N(C)C1)C(O)I. The Morgan fingerprint density at radius 2 is 2.31 bits per heavy atom. The van der Waals surface area contributed by atoms with Crippen molar-refractivity contribution in [3.63, 3.8) is 0 Å². The number of aromatic amines is 1. The van der Waals surface area contributed by atoms with Crippen LogP contribution in [0.1, 0.15) is 24.5 Å². The average Bonchev–Trinajstić information content (AvgIpc) is 3.04. The molecule has 26 heavy (non-hydrogen) atoms. The standard InChI is InChI=1S/C20H24IN3O2/c1-3-15(19(21)25)23-20(26)12-7-14-13-5-4-6-16-18(13)11(9-22-16)8-17(14)24(2)10-12/h4-7,9,12,15,17,19,22,25H,3,8,10H2,1-2H3,(H,23,26)/t12-,15?,17-,19?/m1/s1. The zero-order valence-corrected chi connectivity index (χ0v) is 17.2. The first-order valence-corrected chi connectivity index (χ1v) is 10.4. The molecule has 0 spiro atoms.